The van der Waals surface area contributed by atoms with Crippen LogP contribution >= 0.6 is 0 Å². The molecule has 0 N–H and O–H groups in total. The Morgan fingerprint density at radius 2 is 0.792 bits per heavy atom. The van der Waals surface area contributed by atoms with E-state index in [1.165, 1.54) is 43.4 Å². The second-order valence-corrected chi connectivity index (χ2v) is 5.54. The Hall–Kier alpha value is -2.34. The molecule has 4 aromatic rings. The standard InChI is InChI=1S/C20H16.2C2H6/c1-13-17-9-5-3-7-15(17)12-20-14(2)18-10-6-4-8-16(18)11-19(13)20;2*1-2/h3-12H,1-2H3;2*1-2H3. The van der Waals surface area contributed by atoms with Crippen LogP contribution in [0.25, 0.3) is 32.3 Å². The normalized spacial score (nSPS) is 10.1. The average Bonchev–Trinajstić information content (AvgIpc) is 2.67. The second kappa shape index (κ2) is 7.97. The quantitative estimate of drug-likeness (QED) is 0.290. The van der Waals surface area contributed by atoms with Crippen LogP contribution in [0.3, 0.4) is 0 Å². The molecule has 0 heterocycles. The predicted molar refractivity (Wildman–Crippen MR) is 111 cm³/mol. The minimum Gasteiger partial charge on any atom is -0.0683 e. The van der Waals surface area contributed by atoms with E-state index in [1.807, 2.05) is 27.7 Å². The molecule has 0 aliphatic heterocycles. The van der Waals surface area contributed by atoms with Gasteiger partial charge in [0.1, 0.15) is 0 Å². The van der Waals surface area contributed by atoms with E-state index in [9.17, 15) is 0 Å². The zero-order chi connectivity index (χ0) is 17.7. The Labute approximate surface area is 146 Å². The van der Waals surface area contributed by atoms with Crippen LogP contribution in [0.15, 0.2) is 60.7 Å². The Morgan fingerprint density at radius 3 is 1.17 bits per heavy atom. The molecule has 0 fully saturated rings. The van der Waals surface area contributed by atoms with Gasteiger partial charge in [0, 0.05) is 0 Å². The molecule has 0 heteroatoms. The maximum Gasteiger partial charge on any atom is -0.0139 e. The van der Waals surface area contributed by atoms with Crippen molar-refractivity contribution >= 4 is 32.3 Å². The predicted octanol–water partition coefficient (Wildman–Crippen LogP) is 7.82. The monoisotopic (exact) mass is 316 g/mol. The molecule has 0 saturated heterocycles. The summed E-state index contributed by atoms with van der Waals surface area (Å²) in [6.07, 6.45) is 0. The highest BCUT2D eigenvalue weighted by Gasteiger charge is 2.08. The number of hydrogen-bond acceptors (Lipinski definition) is 0. The van der Waals surface area contributed by atoms with E-state index < -0.39 is 0 Å². The fourth-order valence-corrected chi connectivity index (χ4v) is 3.31. The summed E-state index contributed by atoms with van der Waals surface area (Å²) in [5, 5.41) is 8.12. The summed E-state index contributed by atoms with van der Waals surface area (Å²) in [5.74, 6) is 0. The summed E-state index contributed by atoms with van der Waals surface area (Å²) in [5.41, 5.74) is 2.76. The van der Waals surface area contributed by atoms with E-state index in [4.69, 9.17) is 0 Å². The van der Waals surface area contributed by atoms with Gasteiger partial charge in [0.25, 0.3) is 0 Å². The molecule has 0 aliphatic rings. The van der Waals surface area contributed by atoms with Gasteiger partial charge in [-0.15, -0.1) is 0 Å². The lowest BCUT2D eigenvalue weighted by atomic mass is 9.92. The van der Waals surface area contributed by atoms with Gasteiger partial charge in [-0.3, -0.25) is 0 Å². The molecule has 0 saturated carbocycles. The second-order valence-electron chi connectivity index (χ2n) is 5.54. The lowest BCUT2D eigenvalue weighted by Gasteiger charge is -2.12. The molecule has 24 heavy (non-hydrogen) atoms. The van der Waals surface area contributed by atoms with E-state index in [-0.39, 0.29) is 0 Å². The molecular formula is C24H28. The maximum atomic E-state index is 2.33. The topological polar surface area (TPSA) is 0 Å². The van der Waals surface area contributed by atoms with E-state index >= 15 is 0 Å². The van der Waals surface area contributed by atoms with Crippen molar-refractivity contribution in [1.29, 1.82) is 0 Å². The van der Waals surface area contributed by atoms with Crippen molar-refractivity contribution in [2.45, 2.75) is 41.5 Å². The third kappa shape index (κ3) is 3.01. The molecule has 0 bridgehead atoms. The van der Waals surface area contributed by atoms with Gasteiger partial charge in [-0.2, -0.15) is 0 Å². The van der Waals surface area contributed by atoms with Crippen LogP contribution in [-0.4, -0.2) is 0 Å². The summed E-state index contributed by atoms with van der Waals surface area (Å²) in [7, 11) is 0. The Balaban J connectivity index is 0.000000487. The third-order valence-corrected chi connectivity index (χ3v) is 4.43. The van der Waals surface area contributed by atoms with Crippen LogP contribution in [-0.2, 0) is 0 Å². The molecule has 0 aromatic heterocycles. The number of hydrogen-bond donors (Lipinski definition) is 0. The molecule has 0 aliphatic carbocycles. The van der Waals surface area contributed by atoms with Gasteiger partial charge in [-0.05, 0) is 69.4 Å². The Kier molecular flexibility index (Phi) is 5.98. The molecule has 0 spiro atoms. The SMILES string of the molecule is CC.CC.Cc1c2ccccc2cc2c(C)c3ccccc3cc12. The molecule has 0 unspecified atom stereocenters. The first kappa shape index (κ1) is 18.0. The zero-order valence-electron chi connectivity index (χ0n) is 15.8. The fraction of sp³-hybridized carbons (Fsp3) is 0.250. The van der Waals surface area contributed by atoms with Crippen molar-refractivity contribution < 1.29 is 0 Å². The number of rotatable bonds is 0. The molecule has 0 amide bonds. The van der Waals surface area contributed by atoms with Crippen molar-refractivity contribution in [1.82, 2.24) is 0 Å². The van der Waals surface area contributed by atoms with Crippen molar-refractivity contribution in [3.05, 3.63) is 71.8 Å². The summed E-state index contributed by atoms with van der Waals surface area (Å²) in [4.78, 5) is 0. The van der Waals surface area contributed by atoms with Crippen molar-refractivity contribution in [2.24, 2.45) is 0 Å². The Bertz CT molecular complexity index is 881. The summed E-state index contributed by atoms with van der Waals surface area (Å²) in [6, 6.07) is 22.0. The summed E-state index contributed by atoms with van der Waals surface area (Å²) in [6.45, 7) is 12.5. The zero-order valence-corrected chi connectivity index (χ0v) is 15.8. The van der Waals surface area contributed by atoms with Crippen LogP contribution in [0.1, 0.15) is 38.8 Å². The lowest BCUT2D eigenvalue weighted by Crippen LogP contribution is -1.87. The van der Waals surface area contributed by atoms with Gasteiger partial charge >= 0.3 is 0 Å². The maximum absolute atomic E-state index is 2.33. The molecule has 0 radical (unpaired) electrons. The minimum atomic E-state index is 1.33. The average molecular weight is 316 g/mol. The first-order chi connectivity index (χ1) is 11.8. The first-order valence-electron chi connectivity index (χ1n) is 9.06. The van der Waals surface area contributed by atoms with Crippen LogP contribution < -0.4 is 0 Å². The third-order valence-electron chi connectivity index (χ3n) is 4.43. The first-order valence-corrected chi connectivity index (χ1v) is 9.06. The van der Waals surface area contributed by atoms with E-state index in [0.717, 1.165) is 0 Å². The molecule has 0 nitrogen and oxygen atoms in total. The number of benzene rings is 4. The van der Waals surface area contributed by atoms with Gasteiger partial charge in [0.2, 0.25) is 0 Å². The van der Waals surface area contributed by atoms with E-state index in [2.05, 4.69) is 74.5 Å². The fourth-order valence-electron chi connectivity index (χ4n) is 3.31. The van der Waals surface area contributed by atoms with Gasteiger partial charge in [-0.1, -0.05) is 76.2 Å². The van der Waals surface area contributed by atoms with Crippen LogP contribution in [0.5, 0.6) is 0 Å². The van der Waals surface area contributed by atoms with Gasteiger partial charge in [0.15, 0.2) is 0 Å². The molecule has 0 atom stereocenters. The van der Waals surface area contributed by atoms with E-state index in [1.54, 1.807) is 0 Å². The Morgan fingerprint density at radius 1 is 0.458 bits per heavy atom. The summed E-state index contributed by atoms with van der Waals surface area (Å²) < 4.78 is 0. The lowest BCUT2D eigenvalue weighted by molar-refractivity contribution is 1.50. The van der Waals surface area contributed by atoms with Crippen molar-refractivity contribution in [2.75, 3.05) is 0 Å². The highest BCUT2D eigenvalue weighted by Crippen LogP contribution is 2.33. The largest absolute Gasteiger partial charge is 0.0683 e. The van der Waals surface area contributed by atoms with Gasteiger partial charge in [0.05, 0.1) is 0 Å². The molecule has 4 aromatic carbocycles. The number of fused-ring (bicyclic) bond motifs is 3. The van der Waals surface area contributed by atoms with Crippen LogP contribution in [0.4, 0.5) is 0 Å². The van der Waals surface area contributed by atoms with E-state index in [0.29, 0.717) is 0 Å². The molecule has 124 valence electrons. The smallest absolute Gasteiger partial charge is 0.0139 e. The number of aryl methyl sites for hydroxylation is 2. The van der Waals surface area contributed by atoms with Crippen LogP contribution in [0.2, 0.25) is 0 Å². The van der Waals surface area contributed by atoms with Crippen LogP contribution in [0, 0.1) is 13.8 Å². The molecule has 4 rings (SSSR count). The van der Waals surface area contributed by atoms with Crippen molar-refractivity contribution in [3.63, 3.8) is 0 Å². The highest BCUT2D eigenvalue weighted by molar-refractivity contribution is 6.09. The van der Waals surface area contributed by atoms with Crippen molar-refractivity contribution in [3.8, 4) is 0 Å². The minimum absolute atomic E-state index is 1.33. The van der Waals surface area contributed by atoms with Gasteiger partial charge in [-0.25, -0.2) is 0 Å². The molecular weight excluding hydrogens is 288 g/mol. The summed E-state index contributed by atoms with van der Waals surface area (Å²) >= 11 is 0. The van der Waals surface area contributed by atoms with Gasteiger partial charge < -0.3 is 0 Å². The highest BCUT2D eigenvalue weighted by atomic mass is 14.1.